The number of halogens is 4. The van der Waals surface area contributed by atoms with Crippen LogP contribution in [0, 0.1) is 0 Å². The van der Waals surface area contributed by atoms with E-state index >= 15 is 0 Å². The third-order valence-corrected chi connectivity index (χ3v) is 3.75. The highest BCUT2D eigenvalue weighted by molar-refractivity contribution is 14.0. The van der Waals surface area contributed by atoms with Gasteiger partial charge in [0, 0.05) is 30.7 Å². The summed E-state index contributed by atoms with van der Waals surface area (Å²) in [5.41, 5.74) is 0.799. The lowest BCUT2D eigenvalue weighted by molar-refractivity contribution is -0.154. The molecule has 2 N–H and O–H groups in total. The monoisotopic (exact) mass is 486 g/mol. The van der Waals surface area contributed by atoms with E-state index in [1.54, 1.807) is 24.5 Å². The molecule has 0 unspecified atom stereocenters. The minimum absolute atomic E-state index is 0. The Bertz CT molecular complexity index is 648. The molecule has 2 heterocycles. The number of guanidine groups is 1. The summed E-state index contributed by atoms with van der Waals surface area (Å²) in [6.07, 6.45) is -2.91. The number of nitrogens with one attached hydrogen (secondary N) is 2. The van der Waals surface area contributed by atoms with Gasteiger partial charge in [-0.2, -0.15) is 13.2 Å². The zero-order valence-corrected chi connectivity index (χ0v) is 16.5. The fraction of sp³-hybridized carbons (Fsp3) is 0.333. The Morgan fingerprint density at radius 1 is 1.24 bits per heavy atom. The summed E-state index contributed by atoms with van der Waals surface area (Å²) >= 11 is 1.65. The second kappa shape index (κ2) is 10.4. The second-order valence-corrected chi connectivity index (χ2v) is 5.80. The lowest BCUT2D eigenvalue weighted by atomic mass is 10.3. The van der Waals surface area contributed by atoms with Crippen molar-refractivity contribution in [3.63, 3.8) is 0 Å². The van der Waals surface area contributed by atoms with Crippen LogP contribution in [-0.2, 0) is 13.1 Å². The highest BCUT2D eigenvalue weighted by Gasteiger charge is 2.28. The molecule has 138 valence electrons. The van der Waals surface area contributed by atoms with E-state index in [1.807, 2.05) is 17.5 Å². The normalized spacial score (nSPS) is 11.6. The summed E-state index contributed by atoms with van der Waals surface area (Å²) in [5, 5.41) is 8.28. The van der Waals surface area contributed by atoms with Crippen LogP contribution < -0.4 is 15.4 Å². The van der Waals surface area contributed by atoms with E-state index in [0.29, 0.717) is 19.0 Å². The van der Waals surface area contributed by atoms with Crippen LogP contribution in [0.5, 0.6) is 5.88 Å². The second-order valence-electron chi connectivity index (χ2n) is 4.77. The smallest absolute Gasteiger partial charge is 0.422 e. The number of ether oxygens (including phenoxy) is 1. The Morgan fingerprint density at radius 2 is 2.00 bits per heavy atom. The molecule has 0 atom stereocenters. The molecule has 10 heteroatoms. The van der Waals surface area contributed by atoms with Gasteiger partial charge in [-0.15, -0.1) is 35.3 Å². The topological polar surface area (TPSA) is 58.5 Å². The van der Waals surface area contributed by atoms with E-state index in [9.17, 15) is 13.2 Å². The van der Waals surface area contributed by atoms with Crippen molar-refractivity contribution in [1.29, 1.82) is 0 Å². The first-order chi connectivity index (χ1) is 11.5. The average Bonchev–Trinajstić information content (AvgIpc) is 3.07. The van der Waals surface area contributed by atoms with Crippen LogP contribution in [0.15, 0.2) is 40.8 Å². The molecule has 2 rings (SSSR count). The Kier molecular flexibility index (Phi) is 8.97. The summed E-state index contributed by atoms with van der Waals surface area (Å²) < 4.78 is 40.7. The highest BCUT2D eigenvalue weighted by atomic mass is 127. The lowest BCUT2D eigenvalue weighted by Gasteiger charge is -2.12. The predicted molar refractivity (Wildman–Crippen MR) is 103 cm³/mol. The molecule has 5 nitrogen and oxygen atoms in total. The standard InChI is InChI=1S/C15H17F3N4OS.HI/c1-19-14(22-9-12-3-2-6-24-12)21-8-11-4-5-13(20-7-11)23-10-15(16,17)18;/h2-7H,8-10H2,1H3,(H2,19,21,22);1H. The van der Waals surface area contributed by atoms with Crippen molar-refractivity contribution < 1.29 is 17.9 Å². The molecule has 0 aliphatic carbocycles. The van der Waals surface area contributed by atoms with Crippen molar-refractivity contribution in [2.45, 2.75) is 19.3 Å². The summed E-state index contributed by atoms with van der Waals surface area (Å²) in [5.74, 6) is 0.567. The van der Waals surface area contributed by atoms with Gasteiger partial charge in [0.05, 0.1) is 6.54 Å². The number of aliphatic imine (C=N–C) groups is 1. The Morgan fingerprint density at radius 3 is 2.56 bits per heavy atom. The number of thiophene rings is 1. The van der Waals surface area contributed by atoms with Crippen LogP contribution in [0.2, 0.25) is 0 Å². The van der Waals surface area contributed by atoms with Crippen LogP contribution in [0.4, 0.5) is 13.2 Å². The average molecular weight is 486 g/mol. The van der Waals surface area contributed by atoms with E-state index in [-0.39, 0.29) is 29.9 Å². The largest absolute Gasteiger partial charge is 0.468 e. The Hall–Kier alpha value is -1.56. The maximum absolute atomic E-state index is 12.1. The molecule has 0 fully saturated rings. The number of rotatable bonds is 6. The van der Waals surface area contributed by atoms with Gasteiger partial charge in [0.1, 0.15) is 0 Å². The summed E-state index contributed by atoms with van der Waals surface area (Å²) in [6.45, 7) is -0.243. The zero-order valence-electron chi connectivity index (χ0n) is 13.3. The first-order valence-corrected chi connectivity index (χ1v) is 7.95. The van der Waals surface area contributed by atoms with Gasteiger partial charge in [-0.05, 0) is 17.0 Å². The number of nitrogens with zero attached hydrogens (tertiary/aromatic N) is 2. The van der Waals surface area contributed by atoms with Crippen LogP contribution in [0.3, 0.4) is 0 Å². The number of aromatic nitrogens is 1. The van der Waals surface area contributed by atoms with Crippen molar-refractivity contribution >= 4 is 41.3 Å². The maximum atomic E-state index is 12.1. The van der Waals surface area contributed by atoms with Gasteiger partial charge in [-0.3, -0.25) is 4.99 Å². The number of pyridine rings is 1. The first kappa shape index (κ1) is 21.5. The van der Waals surface area contributed by atoms with E-state index in [4.69, 9.17) is 0 Å². The van der Waals surface area contributed by atoms with E-state index in [1.165, 1.54) is 17.1 Å². The van der Waals surface area contributed by atoms with Gasteiger partial charge in [0.25, 0.3) is 0 Å². The number of alkyl halides is 3. The molecule has 2 aromatic rings. The van der Waals surface area contributed by atoms with Gasteiger partial charge in [0.2, 0.25) is 5.88 Å². The minimum atomic E-state index is -4.37. The molecular formula is C15H18F3IN4OS. The summed E-state index contributed by atoms with van der Waals surface area (Å²) in [4.78, 5) is 9.14. The molecule has 0 aliphatic heterocycles. The maximum Gasteiger partial charge on any atom is 0.422 e. The lowest BCUT2D eigenvalue weighted by Crippen LogP contribution is -2.36. The number of hydrogen-bond donors (Lipinski definition) is 2. The molecule has 0 amide bonds. The minimum Gasteiger partial charge on any atom is -0.468 e. The van der Waals surface area contributed by atoms with Crippen LogP contribution in [0.25, 0.3) is 0 Å². The van der Waals surface area contributed by atoms with Gasteiger partial charge in [-0.25, -0.2) is 4.98 Å². The molecule has 0 saturated carbocycles. The zero-order chi connectivity index (χ0) is 17.4. The van der Waals surface area contributed by atoms with Gasteiger partial charge in [0.15, 0.2) is 12.6 Å². The van der Waals surface area contributed by atoms with Crippen LogP contribution in [0.1, 0.15) is 10.4 Å². The molecule has 25 heavy (non-hydrogen) atoms. The van der Waals surface area contributed by atoms with Crippen molar-refractivity contribution in [1.82, 2.24) is 15.6 Å². The molecule has 0 spiro atoms. The molecule has 0 bridgehead atoms. The van der Waals surface area contributed by atoms with E-state index < -0.39 is 12.8 Å². The molecular weight excluding hydrogens is 468 g/mol. The highest BCUT2D eigenvalue weighted by Crippen LogP contribution is 2.17. The Balaban J connectivity index is 0.00000312. The van der Waals surface area contributed by atoms with Crippen LogP contribution in [-0.4, -0.2) is 30.8 Å². The molecule has 0 saturated heterocycles. The SMILES string of the molecule is CN=C(NCc1ccc(OCC(F)(F)F)nc1)NCc1cccs1.I. The summed E-state index contributed by atoms with van der Waals surface area (Å²) in [6, 6.07) is 7.06. The van der Waals surface area contributed by atoms with Crippen LogP contribution >= 0.6 is 35.3 Å². The van der Waals surface area contributed by atoms with Gasteiger partial charge >= 0.3 is 6.18 Å². The summed E-state index contributed by atoms with van der Waals surface area (Å²) in [7, 11) is 1.66. The fourth-order valence-corrected chi connectivity index (χ4v) is 2.39. The van der Waals surface area contributed by atoms with Crippen molar-refractivity contribution in [3.05, 3.63) is 46.3 Å². The van der Waals surface area contributed by atoms with Crippen molar-refractivity contribution in [3.8, 4) is 5.88 Å². The third-order valence-electron chi connectivity index (χ3n) is 2.88. The Labute approximate surface area is 164 Å². The van der Waals surface area contributed by atoms with E-state index in [2.05, 4.69) is 25.3 Å². The van der Waals surface area contributed by atoms with Gasteiger partial charge in [-0.1, -0.05) is 12.1 Å². The van der Waals surface area contributed by atoms with Gasteiger partial charge < -0.3 is 15.4 Å². The molecule has 2 aromatic heterocycles. The fourth-order valence-electron chi connectivity index (χ4n) is 1.75. The quantitative estimate of drug-likeness (QED) is 0.373. The van der Waals surface area contributed by atoms with E-state index in [0.717, 1.165) is 5.56 Å². The van der Waals surface area contributed by atoms with Crippen molar-refractivity contribution in [2.24, 2.45) is 4.99 Å². The molecule has 0 aliphatic rings. The van der Waals surface area contributed by atoms with Crippen molar-refractivity contribution in [2.75, 3.05) is 13.7 Å². The predicted octanol–water partition coefficient (Wildman–Crippen LogP) is 3.57. The third kappa shape index (κ3) is 8.38. The number of hydrogen-bond acceptors (Lipinski definition) is 4. The molecule has 0 aromatic carbocycles. The molecule has 0 radical (unpaired) electrons. The first-order valence-electron chi connectivity index (χ1n) is 7.07.